The highest BCUT2D eigenvalue weighted by molar-refractivity contribution is 8.00. The molecule has 1 amide bonds. The number of nitrogens with one attached hydrogen (secondary N) is 1. The van der Waals surface area contributed by atoms with Crippen LogP contribution in [0.15, 0.2) is 11.5 Å². The van der Waals surface area contributed by atoms with E-state index in [0.29, 0.717) is 6.42 Å². The molecule has 0 aromatic heterocycles. The van der Waals surface area contributed by atoms with Crippen molar-refractivity contribution in [3.63, 3.8) is 0 Å². The van der Waals surface area contributed by atoms with Gasteiger partial charge in [-0.15, -0.1) is 0 Å². The fraction of sp³-hybridized carbons (Fsp3) is 0.571. The second kappa shape index (κ2) is 5.50. The molecule has 0 aliphatic carbocycles. The summed E-state index contributed by atoms with van der Waals surface area (Å²) in [6.07, 6.45) is 2.84. The minimum atomic E-state index is 0.167. The third-order valence-electron chi connectivity index (χ3n) is 1.32. The van der Waals surface area contributed by atoms with Crippen molar-refractivity contribution in [1.82, 2.24) is 9.03 Å². The van der Waals surface area contributed by atoms with Crippen LogP contribution in [0.3, 0.4) is 0 Å². The molecular weight excluding hydrogens is 192 g/mol. The van der Waals surface area contributed by atoms with Crippen LogP contribution in [0.25, 0.3) is 0 Å². The van der Waals surface area contributed by atoms with Gasteiger partial charge in [0.15, 0.2) is 0 Å². The average molecular weight is 204 g/mol. The van der Waals surface area contributed by atoms with E-state index in [1.807, 2.05) is 0 Å². The predicted octanol–water partition coefficient (Wildman–Crippen LogP) is 1.25. The lowest BCUT2D eigenvalue weighted by atomic mass is 10.5. The predicted molar refractivity (Wildman–Crippen MR) is 54.6 cm³/mol. The van der Waals surface area contributed by atoms with E-state index in [2.05, 4.69) is 27.6 Å². The second-order valence-corrected chi connectivity index (χ2v) is 4.42. The summed E-state index contributed by atoms with van der Waals surface area (Å²) in [5.41, 5.74) is 0. The van der Waals surface area contributed by atoms with E-state index in [-0.39, 0.29) is 5.91 Å². The van der Waals surface area contributed by atoms with E-state index >= 15 is 0 Å². The van der Waals surface area contributed by atoms with Gasteiger partial charge in [0.05, 0.1) is 0 Å². The van der Waals surface area contributed by atoms with Crippen LogP contribution in [-0.4, -0.2) is 29.6 Å². The summed E-state index contributed by atoms with van der Waals surface area (Å²) in [5, 5.41) is 2.10. The highest BCUT2D eigenvalue weighted by atomic mass is 32.2. The molecule has 2 aliphatic heterocycles. The van der Waals surface area contributed by atoms with Crippen molar-refractivity contribution in [1.29, 1.82) is 0 Å². The molecule has 2 aliphatic rings. The third-order valence-corrected chi connectivity index (χ3v) is 2.92. The van der Waals surface area contributed by atoms with Gasteiger partial charge in [0, 0.05) is 18.7 Å². The maximum atomic E-state index is 10.1. The van der Waals surface area contributed by atoms with Crippen LogP contribution in [0.5, 0.6) is 0 Å². The molecule has 0 bridgehead atoms. The van der Waals surface area contributed by atoms with Gasteiger partial charge in [0.1, 0.15) is 0 Å². The highest BCUT2D eigenvalue weighted by Gasteiger charge is 2.06. The van der Waals surface area contributed by atoms with Gasteiger partial charge in [-0.1, -0.05) is 18.0 Å². The molecule has 2 heterocycles. The Morgan fingerprint density at radius 2 is 2.50 bits per heavy atom. The lowest BCUT2D eigenvalue weighted by Gasteiger charge is -1.99. The fourth-order valence-electron chi connectivity index (χ4n) is 0.708. The largest absolute Gasteiger partial charge is 0.300 e. The van der Waals surface area contributed by atoms with Crippen LogP contribution in [0.2, 0.25) is 0 Å². The Labute approximate surface area is 81.2 Å². The molecule has 5 heteroatoms. The smallest absolute Gasteiger partial charge is 0.230 e. The molecule has 1 N–H and O–H groups in total. The monoisotopic (exact) mass is 204 g/mol. The molecule has 12 heavy (non-hydrogen) atoms. The van der Waals surface area contributed by atoms with Gasteiger partial charge in [-0.2, -0.15) is 0 Å². The zero-order chi connectivity index (χ0) is 8.81. The van der Waals surface area contributed by atoms with Crippen LogP contribution >= 0.6 is 23.9 Å². The van der Waals surface area contributed by atoms with Gasteiger partial charge < -0.3 is 4.72 Å². The Bertz CT molecular complexity index is 168. The van der Waals surface area contributed by atoms with Gasteiger partial charge in [-0.3, -0.25) is 4.79 Å². The summed E-state index contributed by atoms with van der Waals surface area (Å²) >= 11 is 3.23. The van der Waals surface area contributed by atoms with Crippen LogP contribution in [-0.2, 0) is 4.79 Å². The van der Waals surface area contributed by atoms with Crippen molar-refractivity contribution < 1.29 is 4.79 Å². The van der Waals surface area contributed by atoms with Crippen molar-refractivity contribution in [2.45, 2.75) is 6.42 Å². The first-order valence-electron chi connectivity index (χ1n) is 3.72. The Morgan fingerprint density at radius 1 is 1.67 bits per heavy atom. The first kappa shape index (κ1) is 9.95. The van der Waals surface area contributed by atoms with Gasteiger partial charge in [0.2, 0.25) is 5.91 Å². The molecule has 0 atom stereocenters. The maximum absolute atomic E-state index is 10.1. The number of likely N-dealkylation sites (N-methyl/N-ethyl adjacent to an activating group) is 1. The van der Waals surface area contributed by atoms with Crippen molar-refractivity contribution in [3.05, 3.63) is 11.5 Å². The lowest BCUT2D eigenvalue weighted by molar-refractivity contribution is -0.118. The average Bonchev–Trinajstić information content (AvgIpc) is 2.63. The maximum Gasteiger partial charge on any atom is 0.230 e. The number of rotatable bonds is 0. The summed E-state index contributed by atoms with van der Waals surface area (Å²) in [6.45, 7) is 1.10. The Balaban J connectivity index is 0.000000120. The summed E-state index contributed by atoms with van der Waals surface area (Å²) in [5.74, 6) is 1.11. The second-order valence-electron chi connectivity index (χ2n) is 2.41. The molecule has 0 aromatic rings. The van der Waals surface area contributed by atoms with Crippen LogP contribution in [0.1, 0.15) is 6.42 Å². The molecule has 0 radical (unpaired) electrons. The van der Waals surface area contributed by atoms with Crippen molar-refractivity contribution in [2.75, 3.05) is 19.3 Å². The molecule has 0 saturated carbocycles. The van der Waals surface area contributed by atoms with E-state index < -0.39 is 0 Å². The summed E-state index contributed by atoms with van der Waals surface area (Å²) in [7, 11) is 2.07. The van der Waals surface area contributed by atoms with E-state index in [0.717, 1.165) is 12.3 Å². The van der Waals surface area contributed by atoms with Gasteiger partial charge in [-0.25, -0.2) is 4.31 Å². The first-order valence-corrected chi connectivity index (χ1v) is 5.55. The molecule has 0 aromatic carbocycles. The van der Waals surface area contributed by atoms with Crippen LogP contribution in [0, 0.1) is 0 Å². The lowest BCUT2D eigenvalue weighted by Crippen LogP contribution is -2.04. The SMILES string of the molecule is CN1CC=CS1.O=C1CCSN1. The number of carbonyl (C=O) groups excluding carboxylic acids is 1. The van der Waals surface area contributed by atoms with Crippen molar-refractivity contribution in [3.8, 4) is 0 Å². The first-order chi connectivity index (χ1) is 5.79. The Kier molecular flexibility index (Phi) is 4.57. The van der Waals surface area contributed by atoms with E-state index in [4.69, 9.17) is 0 Å². The number of carbonyl (C=O) groups is 1. The summed E-state index contributed by atoms with van der Waals surface area (Å²) in [6, 6.07) is 0. The molecule has 68 valence electrons. The van der Waals surface area contributed by atoms with Crippen molar-refractivity contribution >= 4 is 29.8 Å². The molecule has 1 saturated heterocycles. The normalized spacial score (nSPS) is 21.9. The summed E-state index contributed by atoms with van der Waals surface area (Å²) < 4.78 is 4.76. The third kappa shape index (κ3) is 4.04. The van der Waals surface area contributed by atoms with Crippen molar-refractivity contribution in [2.24, 2.45) is 0 Å². The van der Waals surface area contributed by atoms with E-state index in [1.54, 1.807) is 11.9 Å². The topological polar surface area (TPSA) is 32.3 Å². The molecule has 1 fully saturated rings. The Morgan fingerprint density at radius 3 is 2.67 bits per heavy atom. The molecule has 2 rings (SSSR count). The van der Waals surface area contributed by atoms with E-state index in [9.17, 15) is 4.79 Å². The number of hydrogen-bond acceptors (Lipinski definition) is 4. The Hall–Kier alpha value is -0.130. The zero-order valence-corrected chi connectivity index (χ0v) is 8.58. The van der Waals surface area contributed by atoms with Crippen LogP contribution in [0.4, 0.5) is 0 Å². The molecule has 3 nitrogen and oxygen atoms in total. The standard InChI is InChI=1S/C4H7NS.C3H5NOS/c1-5-3-2-4-6-5;5-3-1-2-6-4-3/h2,4H,3H2,1H3;1-2H2,(H,4,5). The minimum Gasteiger partial charge on any atom is -0.300 e. The van der Waals surface area contributed by atoms with Crippen LogP contribution < -0.4 is 4.72 Å². The summed E-state index contributed by atoms with van der Waals surface area (Å²) in [4.78, 5) is 10.1. The fourth-order valence-corrected chi connectivity index (χ4v) is 1.91. The number of nitrogens with zero attached hydrogens (tertiary/aromatic N) is 1. The quantitative estimate of drug-likeness (QED) is 0.602. The number of hydrogen-bond donors (Lipinski definition) is 1. The van der Waals surface area contributed by atoms with E-state index in [1.165, 1.54) is 11.9 Å². The van der Waals surface area contributed by atoms with Gasteiger partial charge >= 0.3 is 0 Å². The minimum absolute atomic E-state index is 0.167. The zero-order valence-electron chi connectivity index (χ0n) is 6.95. The molecule has 0 spiro atoms. The molecule has 0 unspecified atom stereocenters. The highest BCUT2D eigenvalue weighted by Crippen LogP contribution is 2.13. The van der Waals surface area contributed by atoms with Gasteiger partial charge in [-0.05, 0) is 24.4 Å². The number of amides is 1. The molecular formula is C7H12N2OS2. The van der Waals surface area contributed by atoms with Gasteiger partial charge in [0.25, 0.3) is 0 Å².